The second kappa shape index (κ2) is 7.79. The molecule has 2 rings (SSSR count). The Hall–Kier alpha value is -1.60. The predicted molar refractivity (Wildman–Crippen MR) is 88.9 cm³/mol. The van der Waals surface area contributed by atoms with Crippen molar-refractivity contribution < 1.29 is 17.9 Å². The standard InChI is InChI=1S/C16H24N2O4S/c1-3-13-6-8-15(9-7-13)22-12-16(19)18-10-4-5-14(11-18)17-23(2,20)21/h6-9,14,17H,3-5,10-12H2,1-2H3. The summed E-state index contributed by atoms with van der Waals surface area (Å²) in [6.07, 6.45) is 3.62. The Morgan fingerprint density at radius 3 is 2.65 bits per heavy atom. The lowest BCUT2D eigenvalue weighted by molar-refractivity contribution is -0.134. The van der Waals surface area contributed by atoms with Gasteiger partial charge in [-0.1, -0.05) is 19.1 Å². The molecular formula is C16H24N2O4S. The number of likely N-dealkylation sites (tertiary alicyclic amines) is 1. The molecule has 1 aliphatic rings. The Labute approximate surface area is 137 Å². The first kappa shape index (κ1) is 17.7. The maximum Gasteiger partial charge on any atom is 0.260 e. The van der Waals surface area contributed by atoms with Crippen molar-refractivity contribution in [3.05, 3.63) is 29.8 Å². The fourth-order valence-electron chi connectivity index (χ4n) is 2.66. The number of sulfonamides is 1. The van der Waals surface area contributed by atoms with Gasteiger partial charge in [0.05, 0.1) is 6.26 Å². The van der Waals surface area contributed by atoms with Crippen LogP contribution in [-0.2, 0) is 21.2 Å². The van der Waals surface area contributed by atoms with Crippen molar-refractivity contribution in [3.8, 4) is 5.75 Å². The van der Waals surface area contributed by atoms with E-state index in [1.165, 1.54) is 5.56 Å². The molecule has 0 spiro atoms. The molecule has 1 atom stereocenters. The number of hydrogen-bond acceptors (Lipinski definition) is 4. The minimum atomic E-state index is -3.25. The molecule has 0 bridgehead atoms. The first-order chi connectivity index (χ1) is 10.9. The van der Waals surface area contributed by atoms with Crippen molar-refractivity contribution in [1.82, 2.24) is 9.62 Å². The average Bonchev–Trinajstić information content (AvgIpc) is 2.51. The normalized spacial score (nSPS) is 18.7. The summed E-state index contributed by atoms with van der Waals surface area (Å²) in [5, 5.41) is 0. The zero-order valence-electron chi connectivity index (χ0n) is 13.6. The fraction of sp³-hybridized carbons (Fsp3) is 0.562. The number of piperidine rings is 1. The minimum absolute atomic E-state index is 0.0307. The number of aryl methyl sites for hydroxylation is 1. The van der Waals surface area contributed by atoms with Crippen molar-refractivity contribution in [1.29, 1.82) is 0 Å². The molecule has 7 heteroatoms. The van der Waals surface area contributed by atoms with Gasteiger partial charge in [-0.25, -0.2) is 13.1 Å². The molecule has 1 aromatic carbocycles. The summed E-state index contributed by atoms with van der Waals surface area (Å²) in [6, 6.07) is 7.46. The third-order valence-electron chi connectivity index (χ3n) is 3.85. The molecule has 1 N–H and O–H groups in total. The van der Waals surface area contributed by atoms with Gasteiger partial charge in [0.1, 0.15) is 5.75 Å². The van der Waals surface area contributed by atoms with E-state index in [1.807, 2.05) is 24.3 Å². The fourth-order valence-corrected chi connectivity index (χ4v) is 3.46. The van der Waals surface area contributed by atoms with Crippen LogP contribution in [0.15, 0.2) is 24.3 Å². The quantitative estimate of drug-likeness (QED) is 0.843. The van der Waals surface area contributed by atoms with Gasteiger partial charge in [0.2, 0.25) is 10.0 Å². The summed E-state index contributed by atoms with van der Waals surface area (Å²) in [7, 11) is -3.25. The molecule has 23 heavy (non-hydrogen) atoms. The van der Waals surface area contributed by atoms with E-state index in [0.29, 0.717) is 18.8 Å². The Balaban J connectivity index is 1.84. The molecule has 1 aliphatic heterocycles. The van der Waals surface area contributed by atoms with Crippen LogP contribution in [0.2, 0.25) is 0 Å². The first-order valence-electron chi connectivity index (χ1n) is 7.84. The van der Waals surface area contributed by atoms with Gasteiger partial charge in [-0.15, -0.1) is 0 Å². The topological polar surface area (TPSA) is 75.7 Å². The molecule has 0 aliphatic carbocycles. The Bertz CT molecular complexity index is 628. The second-order valence-electron chi connectivity index (χ2n) is 5.86. The highest BCUT2D eigenvalue weighted by Gasteiger charge is 2.25. The number of hydrogen-bond donors (Lipinski definition) is 1. The molecule has 1 unspecified atom stereocenters. The van der Waals surface area contributed by atoms with Crippen LogP contribution in [0.1, 0.15) is 25.3 Å². The lowest BCUT2D eigenvalue weighted by Crippen LogP contribution is -2.50. The number of carbonyl (C=O) groups excluding carboxylic acids is 1. The number of nitrogens with one attached hydrogen (secondary N) is 1. The lowest BCUT2D eigenvalue weighted by Gasteiger charge is -2.32. The van der Waals surface area contributed by atoms with Crippen LogP contribution in [-0.4, -0.2) is 51.2 Å². The Morgan fingerprint density at radius 2 is 2.04 bits per heavy atom. The van der Waals surface area contributed by atoms with Gasteiger partial charge in [0.15, 0.2) is 6.61 Å². The van der Waals surface area contributed by atoms with Crippen LogP contribution in [0.3, 0.4) is 0 Å². The van der Waals surface area contributed by atoms with E-state index in [0.717, 1.165) is 25.5 Å². The first-order valence-corrected chi connectivity index (χ1v) is 9.73. The summed E-state index contributed by atoms with van der Waals surface area (Å²) < 4.78 is 30.7. The summed E-state index contributed by atoms with van der Waals surface area (Å²) in [6.45, 7) is 3.08. The highest BCUT2D eigenvalue weighted by molar-refractivity contribution is 7.88. The molecule has 0 aromatic heterocycles. The molecule has 128 valence electrons. The van der Waals surface area contributed by atoms with E-state index in [9.17, 15) is 13.2 Å². The van der Waals surface area contributed by atoms with Gasteiger partial charge in [0, 0.05) is 19.1 Å². The smallest absolute Gasteiger partial charge is 0.260 e. The van der Waals surface area contributed by atoms with Crippen molar-refractivity contribution in [2.45, 2.75) is 32.2 Å². The second-order valence-corrected chi connectivity index (χ2v) is 7.64. The Kier molecular flexibility index (Phi) is 6.01. The van der Waals surface area contributed by atoms with Crippen molar-refractivity contribution in [2.24, 2.45) is 0 Å². The van der Waals surface area contributed by atoms with Crippen LogP contribution < -0.4 is 9.46 Å². The van der Waals surface area contributed by atoms with E-state index in [1.54, 1.807) is 4.90 Å². The molecule has 1 heterocycles. The van der Waals surface area contributed by atoms with Crippen molar-refractivity contribution in [3.63, 3.8) is 0 Å². The summed E-state index contributed by atoms with van der Waals surface area (Å²) in [5.74, 6) is 0.544. The van der Waals surface area contributed by atoms with E-state index >= 15 is 0 Å². The number of benzene rings is 1. The molecule has 6 nitrogen and oxygen atoms in total. The monoisotopic (exact) mass is 340 g/mol. The zero-order chi connectivity index (χ0) is 16.9. The van der Waals surface area contributed by atoms with Crippen LogP contribution in [0.4, 0.5) is 0 Å². The largest absolute Gasteiger partial charge is 0.484 e. The Morgan fingerprint density at radius 1 is 1.35 bits per heavy atom. The van der Waals surface area contributed by atoms with Gasteiger partial charge in [-0.2, -0.15) is 0 Å². The molecule has 1 saturated heterocycles. The van der Waals surface area contributed by atoms with E-state index in [-0.39, 0.29) is 18.6 Å². The van der Waals surface area contributed by atoms with Crippen LogP contribution in [0.5, 0.6) is 5.75 Å². The maximum absolute atomic E-state index is 12.2. The third-order valence-corrected chi connectivity index (χ3v) is 4.61. The lowest BCUT2D eigenvalue weighted by atomic mass is 10.1. The van der Waals surface area contributed by atoms with E-state index < -0.39 is 10.0 Å². The predicted octanol–water partition coefficient (Wildman–Crippen LogP) is 1.17. The highest BCUT2D eigenvalue weighted by Crippen LogP contribution is 2.14. The van der Waals surface area contributed by atoms with E-state index in [2.05, 4.69) is 11.6 Å². The van der Waals surface area contributed by atoms with E-state index in [4.69, 9.17) is 4.74 Å². The highest BCUT2D eigenvalue weighted by atomic mass is 32.2. The maximum atomic E-state index is 12.2. The molecule has 0 saturated carbocycles. The number of ether oxygens (including phenoxy) is 1. The van der Waals surface area contributed by atoms with Crippen molar-refractivity contribution >= 4 is 15.9 Å². The van der Waals surface area contributed by atoms with Gasteiger partial charge in [0.25, 0.3) is 5.91 Å². The van der Waals surface area contributed by atoms with Gasteiger partial charge < -0.3 is 9.64 Å². The average molecular weight is 340 g/mol. The number of rotatable bonds is 6. The summed E-state index contributed by atoms with van der Waals surface area (Å²) in [4.78, 5) is 13.9. The zero-order valence-corrected chi connectivity index (χ0v) is 14.4. The van der Waals surface area contributed by atoms with Gasteiger partial charge in [-0.05, 0) is 37.0 Å². The number of amides is 1. The van der Waals surface area contributed by atoms with Gasteiger partial charge >= 0.3 is 0 Å². The SMILES string of the molecule is CCc1ccc(OCC(=O)N2CCCC(NS(C)(=O)=O)C2)cc1. The molecule has 1 fully saturated rings. The van der Waals surface area contributed by atoms with Crippen LogP contribution in [0.25, 0.3) is 0 Å². The molecule has 0 radical (unpaired) electrons. The summed E-state index contributed by atoms with van der Waals surface area (Å²) >= 11 is 0. The van der Waals surface area contributed by atoms with Gasteiger partial charge in [-0.3, -0.25) is 4.79 Å². The molecule has 1 amide bonds. The van der Waals surface area contributed by atoms with Crippen LogP contribution >= 0.6 is 0 Å². The minimum Gasteiger partial charge on any atom is -0.484 e. The summed E-state index contributed by atoms with van der Waals surface area (Å²) in [5.41, 5.74) is 1.22. The number of nitrogens with zero attached hydrogens (tertiary/aromatic N) is 1. The van der Waals surface area contributed by atoms with Crippen LogP contribution in [0, 0.1) is 0 Å². The van der Waals surface area contributed by atoms with Crippen molar-refractivity contribution in [2.75, 3.05) is 26.0 Å². The number of carbonyl (C=O) groups is 1. The third kappa shape index (κ3) is 5.84. The molecular weight excluding hydrogens is 316 g/mol. The molecule has 1 aromatic rings.